The van der Waals surface area contributed by atoms with Gasteiger partial charge in [0, 0.05) is 29.2 Å². The summed E-state index contributed by atoms with van der Waals surface area (Å²) in [4.78, 5) is 15.9. The number of nitrogens with one attached hydrogen (secondary N) is 1. The maximum absolute atomic E-state index is 11.9. The zero-order chi connectivity index (χ0) is 13.1. The van der Waals surface area contributed by atoms with E-state index in [2.05, 4.69) is 10.3 Å². The van der Waals surface area contributed by atoms with Gasteiger partial charge in [0.2, 0.25) is 0 Å². The minimum Gasteiger partial charge on any atom is -0.506 e. The maximum atomic E-state index is 11.9. The molecule has 0 unspecified atom stereocenters. The van der Waals surface area contributed by atoms with Crippen LogP contribution in [0.2, 0.25) is 5.02 Å². The fraction of sp³-hybridized carbons (Fsp3) is 0.0769. The molecule has 0 aliphatic heterocycles. The van der Waals surface area contributed by atoms with Gasteiger partial charge in [0.15, 0.2) is 0 Å². The molecule has 0 radical (unpaired) electrons. The third kappa shape index (κ3) is 2.78. The summed E-state index contributed by atoms with van der Waals surface area (Å²) in [7, 11) is 0. The molecule has 5 heteroatoms. The van der Waals surface area contributed by atoms with Crippen LogP contribution in [0.1, 0.15) is 16.1 Å². The highest BCUT2D eigenvalue weighted by molar-refractivity contribution is 6.32. The van der Waals surface area contributed by atoms with E-state index in [0.29, 0.717) is 11.3 Å². The number of hydrogen-bond donors (Lipinski definition) is 2. The molecule has 0 bridgehead atoms. The van der Waals surface area contributed by atoms with Gasteiger partial charge < -0.3 is 10.4 Å². The molecule has 0 aliphatic carbocycles. The van der Waals surface area contributed by atoms with Crippen molar-refractivity contribution >= 4 is 23.2 Å². The normalized spacial score (nSPS) is 10.1. The largest absolute Gasteiger partial charge is 0.506 e. The minimum atomic E-state index is -0.262. The maximum Gasteiger partial charge on any atom is 0.255 e. The molecule has 0 saturated carbocycles. The predicted octanol–water partition coefficient (Wildman–Crippen LogP) is 3.00. The molecule has 1 heterocycles. The van der Waals surface area contributed by atoms with Crippen molar-refractivity contribution in [2.24, 2.45) is 0 Å². The molecule has 1 aromatic carbocycles. The summed E-state index contributed by atoms with van der Waals surface area (Å²) < 4.78 is 0. The van der Waals surface area contributed by atoms with Crippen LogP contribution in [0.15, 0.2) is 36.5 Å². The lowest BCUT2D eigenvalue weighted by Gasteiger charge is -2.06. The molecule has 2 N–H and O–H groups in total. The lowest BCUT2D eigenvalue weighted by Crippen LogP contribution is -2.12. The van der Waals surface area contributed by atoms with Gasteiger partial charge in [-0.15, -0.1) is 0 Å². The Morgan fingerprint density at radius 3 is 2.78 bits per heavy atom. The van der Waals surface area contributed by atoms with E-state index in [1.807, 2.05) is 6.92 Å². The van der Waals surface area contributed by atoms with E-state index in [1.54, 1.807) is 24.4 Å². The van der Waals surface area contributed by atoms with Gasteiger partial charge in [0.05, 0.1) is 5.02 Å². The summed E-state index contributed by atoms with van der Waals surface area (Å²) >= 11 is 5.68. The number of carbonyl (C=O) groups is 1. The Labute approximate surface area is 109 Å². The molecule has 0 saturated heterocycles. The van der Waals surface area contributed by atoms with Crippen molar-refractivity contribution in [3.63, 3.8) is 0 Å². The zero-order valence-corrected chi connectivity index (χ0v) is 10.4. The SMILES string of the molecule is Cc1cc(C(=O)Nc2ccc(Cl)c(O)c2)ccn1. The van der Waals surface area contributed by atoms with Crippen molar-refractivity contribution in [2.75, 3.05) is 5.32 Å². The summed E-state index contributed by atoms with van der Waals surface area (Å²) in [6.07, 6.45) is 1.57. The van der Waals surface area contributed by atoms with E-state index in [1.165, 1.54) is 12.1 Å². The van der Waals surface area contributed by atoms with E-state index < -0.39 is 0 Å². The second-order valence-corrected chi connectivity index (χ2v) is 4.21. The van der Waals surface area contributed by atoms with Crippen LogP contribution in [0.3, 0.4) is 0 Å². The van der Waals surface area contributed by atoms with Crippen LogP contribution >= 0.6 is 11.6 Å². The van der Waals surface area contributed by atoms with Crippen LogP contribution < -0.4 is 5.32 Å². The van der Waals surface area contributed by atoms with Gasteiger partial charge in [-0.1, -0.05) is 11.6 Å². The third-order valence-corrected chi connectivity index (χ3v) is 2.68. The summed E-state index contributed by atoms with van der Waals surface area (Å²) in [6.45, 7) is 1.81. The van der Waals surface area contributed by atoms with Gasteiger partial charge in [-0.25, -0.2) is 0 Å². The molecule has 92 valence electrons. The molecule has 1 amide bonds. The Bertz CT molecular complexity index is 599. The van der Waals surface area contributed by atoms with E-state index in [0.717, 1.165) is 5.69 Å². The predicted molar refractivity (Wildman–Crippen MR) is 70.0 cm³/mol. The highest BCUT2D eigenvalue weighted by atomic mass is 35.5. The number of aromatic nitrogens is 1. The first kappa shape index (κ1) is 12.4. The number of pyridine rings is 1. The summed E-state index contributed by atoms with van der Waals surface area (Å²) in [5.74, 6) is -0.331. The van der Waals surface area contributed by atoms with Crippen LogP contribution in [0.25, 0.3) is 0 Å². The number of aryl methyl sites for hydroxylation is 1. The molecule has 4 nitrogen and oxygen atoms in total. The van der Waals surface area contributed by atoms with Gasteiger partial charge in [-0.05, 0) is 31.2 Å². The van der Waals surface area contributed by atoms with Gasteiger partial charge in [-0.3, -0.25) is 9.78 Å². The highest BCUT2D eigenvalue weighted by Crippen LogP contribution is 2.26. The number of amides is 1. The van der Waals surface area contributed by atoms with E-state index in [4.69, 9.17) is 11.6 Å². The Hall–Kier alpha value is -2.07. The number of halogens is 1. The van der Waals surface area contributed by atoms with Gasteiger partial charge in [0.1, 0.15) is 5.75 Å². The van der Waals surface area contributed by atoms with E-state index >= 15 is 0 Å². The Morgan fingerprint density at radius 2 is 2.11 bits per heavy atom. The van der Waals surface area contributed by atoms with Crippen LogP contribution in [0.4, 0.5) is 5.69 Å². The number of phenols is 1. The minimum absolute atomic E-state index is 0.0691. The number of phenolic OH excluding ortho intramolecular Hbond substituents is 1. The fourth-order valence-electron chi connectivity index (χ4n) is 1.48. The smallest absolute Gasteiger partial charge is 0.255 e. The van der Waals surface area contributed by atoms with Crippen molar-refractivity contribution in [3.8, 4) is 5.75 Å². The molecular formula is C13H11ClN2O2. The van der Waals surface area contributed by atoms with Crippen molar-refractivity contribution in [1.29, 1.82) is 0 Å². The molecule has 1 aromatic heterocycles. The molecule has 2 rings (SSSR count). The number of benzene rings is 1. The summed E-state index contributed by atoms with van der Waals surface area (Å²) in [5.41, 5.74) is 1.76. The number of rotatable bonds is 2. The van der Waals surface area contributed by atoms with Crippen molar-refractivity contribution in [2.45, 2.75) is 6.92 Å². The van der Waals surface area contributed by atoms with Crippen molar-refractivity contribution < 1.29 is 9.90 Å². The quantitative estimate of drug-likeness (QED) is 0.875. The number of aromatic hydroxyl groups is 1. The van der Waals surface area contributed by atoms with Crippen LogP contribution in [-0.4, -0.2) is 16.0 Å². The highest BCUT2D eigenvalue weighted by Gasteiger charge is 2.07. The number of carbonyl (C=O) groups excluding carboxylic acids is 1. The van der Waals surface area contributed by atoms with E-state index in [-0.39, 0.29) is 16.7 Å². The molecule has 0 fully saturated rings. The standard InChI is InChI=1S/C13H11ClN2O2/c1-8-6-9(4-5-15-8)13(18)16-10-2-3-11(14)12(17)7-10/h2-7,17H,1H3,(H,16,18). The van der Waals surface area contributed by atoms with Gasteiger partial charge in [0.25, 0.3) is 5.91 Å². The van der Waals surface area contributed by atoms with Crippen LogP contribution in [0, 0.1) is 6.92 Å². The monoisotopic (exact) mass is 262 g/mol. The number of hydrogen-bond acceptors (Lipinski definition) is 3. The van der Waals surface area contributed by atoms with Crippen molar-refractivity contribution in [1.82, 2.24) is 4.98 Å². The van der Waals surface area contributed by atoms with Gasteiger partial charge >= 0.3 is 0 Å². The fourth-order valence-corrected chi connectivity index (χ4v) is 1.60. The Kier molecular flexibility index (Phi) is 3.48. The Morgan fingerprint density at radius 1 is 1.33 bits per heavy atom. The lowest BCUT2D eigenvalue weighted by atomic mass is 10.2. The molecule has 18 heavy (non-hydrogen) atoms. The summed E-state index contributed by atoms with van der Waals surface area (Å²) in [5, 5.41) is 12.3. The Balaban J connectivity index is 2.18. The first-order chi connectivity index (χ1) is 8.56. The van der Waals surface area contributed by atoms with Crippen molar-refractivity contribution in [3.05, 3.63) is 52.8 Å². The molecule has 0 atom stereocenters. The second-order valence-electron chi connectivity index (χ2n) is 3.81. The topological polar surface area (TPSA) is 62.2 Å². The van der Waals surface area contributed by atoms with E-state index in [9.17, 15) is 9.90 Å². The lowest BCUT2D eigenvalue weighted by molar-refractivity contribution is 0.102. The first-order valence-corrected chi connectivity index (χ1v) is 5.66. The molecule has 2 aromatic rings. The summed E-state index contributed by atoms with van der Waals surface area (Å²) in [6, 6.07) is 7.84. The van der Waals surface area contributed by atoms with Gasteiger partial charge in [-0.2, -0.15) is 0 Å². The molecule has 0 aliphatic rings. The number of anilines is 1. The molecular weight excluding hydrogens is 252 g/mol. The average molecular weight is 263 g/mol. The average Bonchev–Trinajstić information content (AvgIpc) is 2.34. The van der Waals surface area contributed by atoms with Crippen LogP contribution in [-0.2, 0) is 0 Å². The second kappa shape index (κ2) is 5.06. The first-order valence-electron chi connectivity index (χ1n) is 5.29. The molecule has 0 spiro atoms. The third-order valence-electron chi connectivity index (χ3n) is 2.36. The zero-order valence-electron chi connectivity index (χ0n) is 9.64. The number of nitrogens with zero attached hydrogens (tertiary/aromatic N) is 1. The van der Waals surface area contributed by atoms with Crippen LogP contribution in [0.5, 0.6) is 5.75 Å².